The summed E-state index contributed by atoms with van der Waals surface area (Å²) in [5, 5.41) is 4.40. The molecule has 0 spiro atoms. The predicted molar refractivity (Wildman–Crippen MR) is 95.2 cm³/mol. The minimum absolute atomic E-state index is 0.286. The molecule has 0 heterocycles. The monoisotopic (exact) mass is 365 g/mol. The molecule has 0 radical (unpaired) electrons. The molecule has 0 aliphatic carbocycles. The second-order valence-corrected chi connectivity index (χ2v) is 6.73. The molecule has 2 rings (SSSR count). The number of likely N-dealkylation sites (N-methyl/N-ethyl adjacent to an activating group) is 1. The van der Waals surface area contributed by atoms with Gasteiger partial charge >= 0.3 is 0 Å². The van der Waals surface area contributed by atoms with Gasteiger partial charge in [0, 0.05) is 15.5 Å². The third-order valence-electron chi connectivity index (χ3n) is 3.69. The summed E-state index contributed by atoms with van der Waals surface area (Å²) in [5.74, 6) is 0. The van der Waals surface area contributed by atoms with Crippen LogP contribution in [0.4, 0.5) is 0 Å². The van der Waals surface area contributed by atoms with Crippen molar-refractivity contribution in [1.29, 1.82) is 0 Å². The Morgan fingerprint density at radius 3 is 2.52 bits per heavy atom. The molecule has 3 heteroatoms. The molecule has 21 heavy (non-hydrogen) atoms. The molecule has 112 valence electrons. The Balaban J connectivity index is 2.30. The highest BCUT2D eigenvalue weighted by Crippen LogP contribution is 2.28. The second-order valence-electron chi connectivity index (χ2n) is 5.41. The molecule has 1 N–H and O–H groups in total. The lowest BCUT2D eigenvalue weighted by molar-refractivity contribution is 0.547. The van der Waals surface area contributed by atoms with Gasteiger partial charge in [0.05, 0.1) is 0 Å². The van der Waals surface area contributed by atoms with Crippen molar-refractivity contribution in [3.8, 4) is 0 Å². The van der Waals surface area contributed by atoms with Gasteiger partial charge in [0.2, 0.25) is 0 Å². The SMILES string of the molecule is CCNC(Cc1ccc(Br)cc1Cl)c1ccc(C)cc1C. The first-order valence-electron chi connectivity index (χ1n) is 7.25. The summed E-state index contributed by atoms with van der Waals surface area (Å²) < 4.78 is 1.02. The quantitative estimate of drug-likeness (QED) is 0.725. The van der Waals surface area contributed by atoms with E-state index in [-0.39, 0.29) is 6.04 Å². The molecular weight excluding hydrogens is 346 g/mol. The molecule has 1 unspecified atom stereocenters. The summed E-state index contributed by atoms with van der Waals surface area (Å²) in [6.07, 6.45) is 0.893. The van der Waals surface area contributed by atoms with E-state index >= 15 is 0 Å². The predicted octanol–water partition coefficient (Wildman–Crippen LogP) is 5.61. The lowest BCUT2D eigenvalue weighted by Gasteiger charge is -2.21. The van der Waals surface area contributed by atoms with E-state index in [1.807, 2.05) is 12.1 Å². The average Bonchev–Trinajstić information content (AvgIpc) is 2.41. The van der Waals surface area contributed by atoms with Crippen LogP contribution in [0.2, 0.25) is 5.02 Å². The number of benzene rings is 2. The van der Waals surface area contributed by atoms with E-state index in [1.54, 1.807) is 0 Å². The Labute approximate surface area is 140 Å². The Kier molecular flexibility index (Phi) is 5.86. The molecule has 0 fully saturated rings. The molecule has 0 saturated carbocycles. The maximum Gasteiger partial charge on any atom is 0.0449 e. The summed E-state index contributed by atoms with van der Waals surface area (Å²) in [6.45, 7) is 7.38. The number of halogens is 2. The highest BCUT2D eigenvalue weighted by molar-refractivity contribution is 9.10. The van der Waals surface area contributed by atoms with Crippen molar-refractivity contribution in [3.63, 3.8) is 0 Å². The third kappa shape index (κ3) is 4.32. The zero-order chi connectivity index (χ0) is 15.4. The van der Waals surface area contributed by atoms with Crippen LogP contribution in [0, 0.1) is 13.8 Å². The van der Waals surface area contributed by atoms with E-state index in [0.717, 1.165) is 22.5 Å². The van der Waals surface area contributed by atoms with Gasteiger partial charge in [-0.05, 0) is 55.6 Å². The molecule has 0 saturated heterocycles. The van der Waals surface area contributed by atoms with Crippen molar-refractivity contribution in [2.24, 2.45) is 0 Å². The van der Waals surface area contributed by atoms with Crippen molar-refractivity contribution in [2.75, 3.05) is 6.54 Å². The number of aryl methyl sites for hydroxylation is 2. The van der Waals surface area contributed by atoms with Gasteiger partial charge in [-0.2, -0.15) is 0 Å². The Morgan fingerprint density at radius 2 is 1.90 bits per heavy atom. The topological polar surface area (TPSA) is 12.0 Å². The molecule has 0 bridgehead atoms. The molecule has 0 aromatic heterocycles. The first-order chi connectivity index (χ1) is 10.0. The fourth-order valence-electron chi connectivity index (χ4n) is 2.66. The number of rotatable bonds is 5. The van der Waals surface area contributed by atoms with Gasteiger partial charge in [0.1, 0.15) is 0 Å². The van der Waals surface area contributed by atoms with Gasteiger partial charge in [-0.1, -0.05) is 64.3 Å². The van der Waals surface area contributed by atoms with Crippen LogP contribution >= 0.6 is 27.5 Å². The summed E-state index contributed by atoms with van der Waals surface area (Å²) in [7, 11) is 0. The smallest absolute Gasteiger partial charge is 0.0449 e. The first-order valence-corrected chi connectivity index (χ1v) is 8.42. The van der Waals surface area contributed by atoms with Crippen LogP contribution in [0.1, 0.15) is 35.2 Å². The maximum absolute atomic E-state index is 6.37. The lowest BCUT2D eigenvalue weighted by atomic mass is 9.94. The van der Waals surface area contributed by atoms with Crippen LogP contribution in [-0.2, 0) is 6.42 Å². The zero-order valence-corrected chi connectivity index (χ0v) is 15.1. The van der Waals surface area contributed by atoms with Gasteiger partial charge in [0.15, 0.2) is 0 Å². The maximum atomic E-state index is 6.37. The van der Waals surface area contributed by atoms with Crippen LogP contribution in [0.3, 0.4) is 0 Å². The van der Waals surface area contributed by atoms with E-state index in [4.69, 9.17) is 11.6 Å². The van der Waals surface area contributed by atoms with Crippen LogP contribution in [-0.4, -0.2) is 6.54 Å². The molecular formula is C18H21BrClN. The van der Waals surface area contributed by atoms with E-state index in [1.165, 1.54) is 22.3 Å². The number of nitrogens with one attached hydrogen (secondary N) is 1. The summed E-state index contributed by atoms with van der Waals surface area (Å²) in [4.78, 5) is 0. The highest BCUT2D eigenvalue weighted by Gasteiger charge is 2.15. The summed E-state index contributed by atoms with van der Waals surface area (Å²) >= 11 is 9.83. The van der Waals surface area contributed by atoms with E-state index in [2.05, 4.69) is 66.3 Å². The van der Waals surface area contributed by atoms with Crippen molar-refractivity contribution in [3.05, 3.63) is 68.1 Å². The Morgan fingerprint density at radius 1 is 1.14 bits per heavy atom. The molecule has 1 nitrogen and oxygen atoms in total. The zero-order valence-electron chi connectivity index (χ0n) is 12.7. The molecule has 0 aliphatic rings. The molecule has 0 aliphatic heterocycles. The fraction of sp³-hybridized carbons (Fsp3) is 0.333. The van der Waals surface area contributed by atoms with Crippen LogP contribution in [0.25, 0.3) is 0 Å². The standard InChI is InChI=1S/C18H21BrClN/c1-4-21-18(16-8-5-12(2)9-13(16)3)10-14-6-7-15(19)11-17(14)20/h5-9,11,18,21H,4,10H2,1-3H3. The molecule has 2 aromatic rings. The minimum Gasteiger partial charge on any atom is -0.310 e. The van der Waals surface area contributed by atoms with Gasteiger partial charge in [-0.3, -0.25) is 0 Å². The van der Waals surface area contributed by atoms with Crippen molar-refractivity contribution in [2.45, 2.75) is 33.2 Å². The average molecular weight is 367 g/mol. The van der Waals surface area contributed by atoms with Crippen molar-refractivity contribution < 1.29 is 0 Å². The van der Waals surface area contributed by atoms with E-state index < -0.39 is 0 Å². The summed E-state index contributed by atoms with van der Waals surface area (Å²) in [5.41, 5.74) is 5.15. The van der Waals surface area contributed by atoms with Crippen LogP contribution in [0.15, 0.2) is 40.9 Å². The second kappa shape index (κ2) is 7.44. The molecule has 0 amide bonds. The summed E-state index contributed by atoms with van der Waals surface area (Å²) in [6, 6.07) is 13.0. The van der Waals surface area contributed by atoms with Gasteiger partial charge in [-0.15, -0.1) is 0 Å². The minimum atomic E-state index is 0.286. The normalized spacial score (nSPS) is 12.4. The first kappa shape index (κ1) is 16.5. The van der Waals surface area contributed by atoms with Gasteiger partial charge < -0.3 is 5.32 Å². The number of hydrogen-bond donors (Lipinski definition) is 1. The lowest BCUT2D eigenvalue weighted by Crippen LogP contribution is -2.24. The Hall–Kier alpha value is -0.830. The highest BCUT2D eigenvalue weighted by atomic mass is 79.9. The van der Waals surface area contributed by atoms with Crippen molar-refractivity contribution >= 4 is 27.5 Å². The largest absolute Gasteiger partial charge is 0.310 e. The Bertz CT molecular complexity index is 625. The van der Waals surface area contributed by atoms with Crippen LogP contribution in [0.5, 0.6) is 0 Å². The third-order valence-corrected chi connectivity index (χ3v) is 4.54. The number of hydrogen-bond acceptors (Lipinski definition) is 1. The molecule has 1 atom stereocenters. The van der Waals surface area contributed by atoms with Gasteiger partial charge in [0.25, 0.3) is 0 Å². The fourth-order valence-corrected chi connectivity index (χ4v) is 3.41. The molecule has 2 aromatic carbocycles. The van der Waals surface area contributed by atoms with Gasteiger partial charge in [-0.25, -0.2) is 0 Å². The van der Waals surface area contributed by atoms with Crippen molar-refractivity contribution in [1.82, 2.24) is 5.32 Å². The van der Waals surface area contributed by atoms with E-state index in [0.29, 0.717) is 0 Å². The van der Waals surface area contributed by atoms with E-state index in [9.17, 15) is 0 Å². The van der Waals surface area contributed by atoms with Crippen LogP contribution < -0.4 is 5.32 Å².